The van der Waals surface area contributed by atoms with Crippen LogP contribution in [0.25, 0.3) is 0 Å². The molecule has 66 valence electrons. The molecule has 0 aliphatic carbocycles. The Balaban J connectivity index is 2.44. The van der Waals surface area contributed by atoms with Crippen LogP contribution in [0.3, 0.4) is 0 Å². The summed E-state index contributed by atoms with van der Waals surface area (Å²) < 4.78 is 34.9. The number of hydrogen-bond donors (Lipinski definition) is 1. The molecule has 1 aromatic carbocycles. The van der Waals surface area contributed by atoms with Gasteiger partial charge in [-0.2, -0.15) is 13.2 Å². The summed E-state index contributed by atoms with van der Waals surface area (Å²) in [6.07, 6.45) is -4.30. The third-order valence-corrected chi connectivity index (χ3v) is 1.34. The molecular weight excluding hydrogens is 167 g/mol. The lowest BCUT2D eigenvalue weighted by Crippen LogP contribution is -2.30. The lowest BCUT2D eigenvalue weighted by Gasteiger charge is -2.07. The van der Waals surface area contributed by atoms with Crippen molar-refractivity contribution in [3.05, 3.63) is 35.9 Å². The van der Waals surface area contributed by atoms with Crippen LogP contribution in [0.5, 0.6) is 0 Å². The van der Waals surface area contributed by atoms with Gasteiger partial charge in [0.25, 0.3) is 0 Å². The number of rotatable bonds is 2. The zero-order chi connectivity index (χ0) is 9.03. The summed E-state index contributed by atoms with van der Waals surface area (Å²) in [7, 11) is 0. The number of benzene rings is 1. The standard InChI is InChI=1S/C8H8F3N/c9-8(10,11)12-6-7-4-2-1-3-5-7/h1-5,12H,6H2. The van der Waals surface area contributed by atoms with Crippen LogP contribution in [0.1, 0.15) is 5.56 Å². The molecule has 1 nitrogen and oxygen atoms in total. The Hall–Kier alpha value is -1.03. The summed E-state index contributed by atoms with van der Waals surface area (Å²) in [6, 6.07) is 8.44. The first-order valence-corrected chi connectivity index (χ1v) is 3.43. The normalized spacial score (nSPS) is 11.6. The van der Waals surface area contributed by atoms with Crippen LogP contribution in [-0.4, -0.2) is 6.30 Å². The van der Waals surface area contributed by atoms with Gasteiger partial charge in [0.1, 0.15) is 0 Å². The zero-order valence-electron chi connectivity index (χ0n) is 6.23. The molecule has 0 aromatic heterocycles. The van der Waals surface area contributed by atoms with E-state index in [4.69, 9.17) is 0 Å². The maximum absolute atomic E-state index is 11.6. The van der Waals surface area contributed by atoms with Gasteiger partial charge >= 0.3 is 6.30 Å². The van der Waals surface area contributed by atoms with E-state index in [0.717, 1.165) is 0 Å². The van der Waals surface area contributed by atoms with Crippen molar-refractivity contribution in [1.82, 2.24) is 5.32 Å². The molecule has 0 heterocycles. The van der Waals surface area contributed by atoms with E-state index < -0.39 is 6.30 Å². The lowest BCUT2D eigenvalue weighted by atomic mass is 10.2. The minimum atomic E-state index is -4.30. The van der Waals surface area contributed by atoms with Crippen LogP contribution < -0.4 is 5.32 Å². The highest BCUT2D eigenvalue weighted by Gasteiger charge is 2.25. The van der Waals surface area contributed by atoms with Gasteiger partial charge in [-0.05, 0) is 5.56 Å². The number of nitrogens with one attached hydrogen (secondary N) is 1. The van der Waals surface area contributed by atoms with E-state index in [1.807, 2.05) is 0 Å². The molecule has 1 rings (SSSR count). The third-order valence-electron chi connectivity index (χ3n) is 1.34. The highest BCUT2D eigenvalue weighted by molar-refractivity contribution is 5.14. The molecule has 1 aromatic rings. The van der Waals surface area contributed by atoms with E-state index >= 15 is 0 Å². The SMILES string of the molecule is FC(F)(F)NCc1ccccc1. The summed E-state index contributed by atoms with van der Waals surface area (Å²) in [4.78, 5) is 0. The molecule has 1 N–H and O–H groups in total. The highest BCUT2D eigenvalue weighted by atomic mass is 19.4. The van der Waals surface area contributed by atoms with E-state index in [-0.39, 0.29) is 6.54 Å². The quantitative estimate of drug-likeness (QED) is 0.680. The molecule has 0 fully saturated rings. The van der Waals surface area contributed by atoms with E-state index in [2.05, 4.69) is 0 Å². The number of alkyl halides is 3. The van der Waals surface area contributed by atoms with Crippen molar-refractivity contribution in [2.45, 2.75) is 12.8 Å². The molecule has 0 atom stereocenters. The Bertz CT molecular complexity index is 230. The second-order valence-electron chi connectivity index (χ2n) is 2.34. The fraction of sp³-hybridized carbons (Fsp3) is 0.250. The molecule has 0 amide bonds. The van der Waals surface area contributed by atoms with Gasteiger partial charge in [-0.15, -0.1) is 0 Å². The minimum Gasteiger partial charge on any atom is -0.224 e. The Morgan fingerprint density at radius 3 is 2.17 bits per heavy atom. The van der Waals surface area contributed by atoms with Crippen LogP contribution in [0.4, 0.5) is 13.2 Å². The average Bonchev–Trinajstić information content (AvgIpc) is 2.02. The molecule has 0 bridgehead atoms. The van der Waals surface area contributed by atoms with Crippen molar-refractivity contribution >= 4 is 0 Å². The molecule has 4 heteroatoms. The van der Waals surface area contributed by atoms with Crippen molar-refractivity contribution in [3.63, 3.8) is 0 Å². The van der Waals surface area contributed by atoms with Crippen LogP contribution >= 0.6 is 0 Å². The molecule has 0 spiro atoms. The molecule has 0 radical (unpaired) electrons. The van der Waals surface area contributed by atoms with E-state index in [1.54, 1.807) is 30.3 Å². The number of halogens is 3. The summed E-state index contributed by atoms with van der Waals surface area (Å²) in [5, 5.41) is 1.44. The van der Waals surface area contributed by atoms with Crippen LogP contribution in [-0.2, 0) is 6.54 Å². The summed E-state index contributed by atoms with van der Waals surface area (Å²) >= 11 is 0. The molecule has 0 aliphatic rings. The molecule has 0 unspecified atom stereocenters. The number of hydrogen-bond acceptors (Lipinski definition) is 1. The van der Waals surface area contributed by atoms with Gasteiger partial charge in [0.2, 0.25) is 0 Å². The Labute approximate surface area is 68.2 Å². The van der Waals surface area contributed by atoms with Gasteiger partial charge in [-0.3, -0.25) is 0 Å². The lowest BCUT2D eigenvalue weighted by molar-refractivity contribution is -0.158. The molecule has 0 saturated heterocycles. The Morgan fingerprint density at radius 2 is 1.67 bits per heavy atom. The highest BCUT2D eigenvalue weighted by Crippen LogP contribution is 2.10. The summed E-state index contributed by atoms with van der Waals surface area (Å²) in [5.41, 5.74) is 0.620. The van der Waals surface area contributed by atoms with Crippen molar-refractivity contribution in [2.75, 3.05) is 0 Å². The maximum Gasteiger partial charge on any atom is 0.457 e. The van der Waals surface area contributed by atoms with Gasteiger partial charge in [0, 0.05) is 6.54 Å². The van der Waals surface area contributed by atoms with Gasteiger partial charge < -0.3 is 0 Å². The average molecular weight is 175 g/mol. The first kappa shape index (κ1) is 9.06. The van der Waals surface area contributed by atoms with Crippen LogP contribution in [0.15, 0.2) is 30.3 Å². The molecule has 12 heavy (non-hydrogen) atoms. The predicted octanol–water partition coefficient (Wildman–Crippen LogP) is 2.30. The fourth-order valence-corrected chi connectivity index (χ4v) is 0.798. The molecule has 0 aliphatic heterocycles. The Morgan fingerprint density at radius 1 is 1.08 bits per heavy atom. The maximum atomic E-state index is 11.6. The third kappa shape index (κ3) is 3.39. The summed E-state index contributed by atoms with van der Waals surface area (Å²) in [6.45, 7) is -0.176. The molecule has 0 saturated carbocycles. The second kappa shape index (κ2) is 3.58. The Kier molecular flexibility index (Phi) is 2.70. The predicted molar refractivity (Wildman–Crippen MR) is 39.3 cm³/mol. The van der Waals surface area contributed by atoms with Crippen LogP contribution in [0, 0.1) is 0 Å². The smallest absolute Gasteiger partial charge is 0.224 e. The van der Waals surface area contributed by atoms with Crippen molar-refractivity contribution in [2.24, 2.45) is 0 Å². The monoisotopic (exact) mass is 175 g/mol. The second-order valence-corrected chi connectivity index (χ2v) is 2.34. The van der Waals surface area contributed by atoms with Crippen molar-refractivity contribution in [3.8, 4) is 0 Å². The largest absolute Gasteiger partial charge is 0.457 e. The van der Waals surface area contributed by atoms with Crippen molar-refractivity contribution < 1.29 is 13.2 Å². The summed E-state index contributed by atoms with van der Waals surface area (Å²) in [5.74, 6) is 0. The molecular formula is C8H8F3N. The van der Waals surface area contributed by atoms with E-state index in [9.17, 15) is 13.2 Å². The van der Waals surface area contributed by atoms with Crippen LogP contribution in [0.2, 0.25) is 0 Å². The fourth-order valence-electron chi connectivity index (χ4n) is 0.798. The van der Waals surface area contributed by atoms with Gasteiger partial charge in [0.05, 0.1) is 0 Å². The zero-order valence-corrected chi connectivity index (χ0v) is 6.23. The van der Waals surface area contributed by atoms with Gasteiger partial charge in [-0.1, -0.05) is 30.3 Å². The van der Waals surface area contributed by atoms with E-state index in [0.29, 0.717) is 5.56 Å². The topological polar surface area (TPSA) is 12.0 Å². The van der Waals surface area contributed by atoms with E-state index in [1.165, 1.54) is 5.32 Å². The van der Waals surface area contributed by atoms with Crippen molar-refractivity contribution in [1.29, 1.82) is 0 Å². The first-order chi connectivity index (χ1) is 5.58. The van der Waals surface area contributed by atoms with Gasteiger partial charge in [-0.25, -0.2) is 5.32 Å². The first-order valence-electron chi connectivity index (χ1n) is 3.43. The minimum absolute atomic E-state index is 0.176. The van der Waals surface area contributed by atoms with Gasteiger partial charge in [0.15, 0.2) is 0 Å².